The second kappa shape index (κ2) is 8.20. The van der Waals surface area contributed by atoms with Gasteiger partial charge >= 0.3 is 0 Å². The average molecular weight is 348 g/mol. The van der Waals surface area contributed by atoms with E-state index in [0.29, 0.717) is 17.6 Å². The molecule has 1 aromatic carbocycles. The summed E-state index contributed by atoms with van der Waals surface area (Å²) in [6.07, 6.45) is 3.60. The van der Waals surface area contributed by atoms with E-state index in [1.165, 1.54) is 0 Å². The Bertz CT molecular complexity index is 926. The molecule has 0 radical (unpaired) electrons. The molecule has 2 N–H and O–H groups in total. The summed E-state index contributed by atoms with van der Waals surface area (Å²) < 4.78 is 0. The van der Waals surface area contributed by atoms with Crippen LogP contribution in [0.2, 0.25) is 0 Å². The molecule has 0 aliphatic rings. The largest absolute Gasteiger partial charge is 0.352 e. The van der Waals surface area contributed by atoms with Crippen molar-refractivity contribution in [3.05, 3.63) is 71.7 Å². The van der Waals surface area contributed by atoms with E-state index in [1.807, 2.05) is 43.3 Å². The Morgan fingerprint density at radius 1 is 1.04 bits per heavy atom. The Morgan fingerprint density at radius 2 is 1.92 bits per heavy atom. The Balaban J connectivity index is 1.53. The van der Waals surface area contributed by atoms with Gasteiger partial charge in [0.2, 0.25) is 5.91 Å². The van der Waals surface area contributed by atoms with Crippen molar-refractivity contribution in [3.63, 3.8) is 0 Å². The van der Waals surface area contributed by atoms with Crippen molar-refractivity contribution in [2.75, 3.05) is 6.54 Å². The van der Waals surface area contributed by atoms with Gasteiger partial charge < -0.3 is 10.6 Å². The Labute approximate surface area is 151 Å². The Hall–Kier alpha value is -3.28. The number of pyridine rings is 2. The summed E-state index contributed by atoms with van der Waals surface area (Å²) in [5.74, 6) is -0.352. The summed E-state index contributed by atoms with van der Waals surface area (Å²) in [6.45, 7) is 2.58. The molecule has 0 atom stereocenters. The summed E-state index contributed by atoms with van der Waals surface area (Å²) in [7, 11) is 0. The lowest BCUT2D eigenvalue weighted by Crippen LogP contribution is -2.30. The third-order valence-corrected chi connectivity index (χ3v) is 3.95. The number of carbonyl (C=O) groups is 2. The van der Waals surface area contributed by atoms with Gasteiger partial charge in [-0.3, -0.25) is 19.6 Å². The number of rotatable bonds is 6. The van der Waals surface area contributed by atoms with Crippen LogP contribution >= 0.6 is 0 Å². The molecule has 0 saturated heterocycles. The minimum Gasteiger partial charge on any atom is -0.352 e. The van der Waals surface area contributed by atoms with Crippen LogP contribution in [0, 0.1) is 6.92 Å². The maximum Gasteiger partial charge on any atom is 0.253 e. The number of amides is 2. The summed E-state index contributed by atoms with van der Waals surface area (Å²) in [5, 5.41) is 6.51. The van der Waals surface area contributed by atoms with E-state index in [0.717, 1.165) is 16.6 Å². The number of para-hydroxylation sites is 1. The fraction of sp³-hybridized carbons (Fsp3) is 0.200. The number of carbonyl (C=O) groups excluding carboxylic acids is 2. The van der Waals surface area contributed by atoms with E-state index < -0.39 is 0 Å². The van der Waals surface area contributed by atoms with Gasteiger partial charge in [0.1, 0.15) is 0 Å². The van der Waals surface area contributed by atoms with Crippen LogP contribution in [0.3, 0.4) is 0 Å². The van der Waals surface area contributed by atoms with Crippen molar-refractivity contribution < 1.29 is 9.59 Å². The second-order valence-corrected chi connectivity index (χ2v) is 5.97. The fourth-order valence-corrected chi connectivity index (χ4v) is 2.60. The van der Waals surface area contributed by atoms with Gasteiger partial charge in [-0.05, 0) is 30.7 Å². The SMILES string of the molecule is Cc1ccc2cccc(C(=O)NCCC(=O)NCc3cccnc3)c2n1. The van der Waals surface area contributed by atoms with Crippen molar-refractivity contribution in [3.8, 4) is 0 Å². The molecule has 3 aromatic rings. The number of benzene rings is 1. The van der Waals surface area contributed by atoms with Crippen molar-refractivity contribution in [1.82, 2.24) is 20.6 Å². The molecule has 0 aliphatic heterocycles. The van der Waals surface area contributed by atoms with Crippen LogP contribution in [0.5, 0.6) is 0 Å². The molecule has 26 heavy (non-hydrogen) atoms. The highest BCUT2D eigenvalue weighted by molar-refractivity contribution is 6.05. The van der Waals surface area contributed by atoms with Gasteiger partial charge in [0.05, 0.1) is 11.1 Å². The summed E-state index contributed by atoms with van der Waals surface area (Å²) >= 11 is 0. The molecule has 6 heteroatoms. The third-order valence-electron chi connectivity index (χ3n) is 3.95. The van der Waals surface area contributed by atoms with Gasteiger partial charge in [-0.25, -0.2) is 0 Å². The van der Waals surface area contributed by atoms with Crippen LogP contribution in [-0.4, -0.2) is 28.3 Å². The molecule has 2 heterocycles. The first-order valence-corrected chi connectivity index (χ1v) is 8.43. The van der Waals surface area contributed by atoms with Crippen molar-refractivity contribution >= 4 is 22.7 Å². The van der Waals surface area contributed by atoms with E-state index in [9.17, 15) is 9.59 Å². The molecular formula is C20H20N4O2. The zero-order valence-corrected chi connectivity index (χ0v) is 14.5. The lowest BCUT2D eigenvalue weighted by atomic mass is 10.1. The van der Waals surface area contributed by atoms with E-state index in [1.54, 1.807) is 18.5 Å². The summed E-state index contributed by atoms with van der Waals surface area (Å²) in [5.41, 5.74) is 2.97. The van der Waals surface area contributed by atoms with Gasteiger partial charge in [0.15, 0.2) is 0 Å². The van der Waals surface area contributed by atoms with Crippen LogP contribution in [-0.2, 0) is 11.3 Å². The maximum absolute atomic E-state index is 12.4. The molecule has 0 fully saturated rings. The number of aryl methyl sites for hydroxylation is 1. The molecule has 0 spiro atoms. The van der Waals surface area contributed by atoms with Gasteiger partial charge in [-0.1, -0.05) is 24.3 Å². The number of hydrogen-bond acceptors (Lipinski definition) is 4. The molecule has 6 nitrogen and oxygen atoms in total. The number of aromatic nitrogens is 2. The lowest BCUT2D eigenvalue weighted by Gasteiger charge is -2.09. The van der Waals surface area contributed by atoms with E-state index in [-0.39, 0.29) is 24.8 Å². The van der Waals surface area contributed by atoms with Crippen molar-refractivity contribution in [2.45, 2.75) is 19.9 Å². The minimum atomic E-state index is -0.228. The highest BCUT2D eigenvalue weighted by Gasteiger charge is 2.11. The molecule has 2 amide bonds. The predicted octanol–water partition coefficient (Wildman–Crippen LogP) is 2.37. The normalized spacial score (nSPS) is 10.5. The summed E-state index contributed by atoms with van der Waals surface area (Å²) in [4.78, 5) is 32.8. The quantitative estimate of drug-likeness (QED) is 0.716. The maximum atomic E-state index is 12.4. The first-order chi connectivity index (χ1) is 12.6. The smallest absolute Gasteiger partial charge is 0.253 e. The number of nitrogens with one attached hydrogen (secondary N) is 2. The predicted molar refractivity (Wildman–Crippen MR) is 99.5 cm³/mol. The first-order valence-electron chi connectivity index (χ1n) is 8.43. The minimum absolute atomic E-state index is 0.124. The van der Waals surface area contributed by atoms with Crippen LogP contribution in [0.1, 0.15) is 28.0 Å². The molecule has 132 valence electrons. The molecule has 0 unspecified atom stereocenters. The van der Waals surface area contributed by atoms with Crippen LogP contribution < -0.4 is 10.6 Å². The topological polar surface area (TPSA) is 84.0 Å². The highest BCUT2D eigenvalue weighted by Crippen LogP contribution is 2.17. The standard InChI is InChI=1S/C20H20N4O2/c1-14-7-8-16-5-2-6-17(19(16)24-14)20(26)22-11-9-18(25)23-13-15-4-3-10-21-12-15/h2-8,10,12H,9,11,13H2,1H3,(H,22,26)(H,23,25). The second-order valence-electron chi connectivity index (χ2n) is 5.97. The number of hydrogen-bond donors (Lipinski definition) is 2. The zero-order valence-electron chi connectivity index (χ0n) is 14.5. The van der Waals surface area contributed by atoms with E-state index >= 15 is 0 Å². The fourth-order valence-electron chi connectivity index (χ4n) is 2.60. The van der Waals surface area contributed by atoms with Crippen molar-refractivity contribution in [2.24, 2.45) is 0 Å². The molecular weight excluding hydrogens is 328 g/mol. The van der Waals surface area contributed by atoms with E-state index in [2.05, 4.69) is 20.6 Å². The van der Waals surface area contributed by atoms with Crippen LogP contribution in [0.4, 0.5) is 0 Å². The Morgan fingerprint density at radius 3 is 2.73 bits per heavy atom. The van der Waals surface area contributed by atoms with Gasteiger partial charge in [0.25, 0.3) is 5.91 Å². The average Bonchev–Trinajstić information content (AvgIpc) is 2.66. The lowest BCUT2D eigenvalue weighted by molar-refractivity contribution is -0.121. The van der Waals surface area contributed by atoms with Gasteiger partial charge in [-0.2, -0.15) is 0 Å². The number of nitrogens with zero attached hydrogens (tertiary/aromatic N) is 2. The molecule has 2 aromatic heterocycles. The zero-order chi connectivity index (χ0) is 18.4. The molecule has 0 aliphatic carbocycles. The molecule has 0 bridgehead atoms. The summed E-state index contributed by atoms with van der Waals surface area (Å²) in [6, 6.07) is 13.1. The molecule has 0 saturated carbocycles. The van der Waals surface area contributed by atoms with Crippen LogP contribution in [0.15, 0.2) is 54.9 Å². The highest BCUT2D eigenvalue weighted by atomic mass is 16.2. The first kappa shape index (κ1) is 17.5. The van der Waals surface area contributed by atoms with Crippen molar-refractivity contribution in [1.29, 1.82) is 0 Å². The number of fused-ring (bicyclic) bond motifs is 1. The van der Waals surface area contributed by atoms with Crippen LogP contribution in [0.25, 0.3) is 10.9 Å². The van der Waals surface area contributed by atoms with Gasteiger partial charge in [-0.15, -0.1) is 0 Å². The Kier molecular flexibility index (Phi) is 5.53. The van der Waals surface area contributed by atoms with Gasteiger partial charge in [0, 0.05) is 43.0 Å². The monoisotopic (exact) mass is 348 g/mol. The third kappa shape index (κ3) is 4.42. The molecule has 3 rings (SSSR count). The van der Waals surface area contributed by atoms with E-state index in [4.69, 9.17) is 0 Å².